The molecule has 2 aliphatic rings. The Morgan fingerprint density at radius 3 is 2.54 bits per heavy atom. The monoisotopic (exact) mass is 192 g/mol. The summed E-state index contributed by atoms with van der Waals surface area (Å²) in [7, 11) is 0. The Bertz CT molecular complexity index is 320. The van der Waals surface area contributed by atoms with Crippen molar-refractivity contribution in [3.63, 3.8) is 0 Å². The molecule has 2 nitrogen and oxygen atoms in total. The molecule has 1 saturated carbocycles. The normalized spacial score (nSPS) is 38.5. The third-order valence-corrected chi connectivity index (χ3v) is 3.67. The van der Waals surface area contributed by atoms with Crippen molar-refractivity contribution < 1.29 is 0 Å². The lowest BCUT2D eigenvalue weighted by molar-refractivity contribution is 0.323. The van der Waals surface area contributed by atoms with Crippen molar-refractivity contribution in [2.45, 2.75) is 6.42 Å². The average Bonchev–Trinajstić information content (AvgIpc) is 2.74. The largest absolute Gasteiger partial charge is 0.197 e. The molecule has 1 fully saturated rings. The Morgan fingerprint density at radius 1 is 1.38 bits per heavy atom. The summed E-state index contributed by atoms with van der Waals surface area (Å²) in [5, 5.41) is 18.2. The third kappa shape index (κ3) is 0.872. The quantitative estimate of drug-likeness (QED) is 0.472. The number of fused-ring (bicyclic) bond motifs is 2. The van der Waals surface area contributed by atoms with Crippen molar-refractivity contribution in [1.82, 2.24) is 0 Å². The minimum atomic E-state index is -0.846. The first-order valence-corrected chi connectivity index (χ1v) is 4.88. The van der Waals surface area contributed by atoms with Gasteiger partial charge in [0.1, 0.15) is 0 Å². The van der Waals surface area contributed by atoms with Gasteiger partial charge in [-0.15, -0.1) is 11.6 Å². The number of hydrogen-bond donors (Lipinski definition) is 0. The summed E-state index contributed by atoms with van der Waals surface area (Å²) < 4.78 is 0. The van der Waals surface area contributed by atoms with Crippen LogP contribution in [0.25, 0.3) is 0 Å². The van der Waals surface area contributed by atoms with Gasteiger partial charge in [0.2, 0.25) is 0 Å². The molecule has 2 aliphatic carbocycles. The van der Waals surface area contributed by atoms with Crippen molar-refractivity contribution in [2.75, 3.05) is 5.88 Å². The van der Waals surface area contributed by atoms with Crippen LogP contribution in [0.4, 0.5) is 0 Å². The van der Waals surface area contributed by atoms with Gasteiger partial charge >= 0.3 is 0 Å². The van der Waals surface area contributed by atoms with E-state index in [0.29, 0.717) is 11.8 Å². The molecule has 0 saturated heterocycles. The van der Waals surface area contributed by atoms with Crippen LogP contribution in [0, 0.1) is 45.8 Å². The van der Waals surface area contributed by atoms with Crippen LogP contribution in [-0.4, -0.2) is 5.88 Å². The van der Waals surface area contributed by atoms with Gasteiger partial charge in [0.15, 0.2) is 5.41 Å². The third-order valence-electron chi connectivity index (χ3n) is 3.34. The van der Waals surface area contributed by atoms with Crippen LogP contribution in [0.2, 0.25) is 0 Å². The van der Waals surface area contributed by atoms with Crippen LogP contribution in [0.3, 0.4) is 0 Å². The first-order chi connectivity index (χ1) is 6.28. The van der Waals surface area contributed by atoms with Gasteiger partial charge < -0.3 is 0 Å². The summed E-state index contributed by atoms with van der Waals surface area (Å²) in [4.78, 5) is 0. The Hall–Kier alpha value is -0.990. The minimum Gasteiger partial charge on any atom is -0.197 e. The molecule has 0 amide bonds. The second-order valence-electron chi connectivity index (χ2n) is 3.74. The highest BCUT2D eigenvalue weighted by Gasteiger charge is 2.56. The predicted molar refractivity (Wildman–Crippen MR) is 48.6 cm³/mol. The second-order valence-corrected chi connectivity index (χ2v) is 4.05. The van der Waals surface area contributed by atoms with E-state index in [1.807, 2.05) is 6.08 Å². The number of halogens is 1. The lowest BCUT2D eigenvalue weighted by Gasteiger charge is -2.27. The van der Waals surface area contributed by atoms with E-state index in [2.05, 4.69) is 18.2 Å². The summed E-state index contributed by atoms with van der Waals surface area (Å²) in [5.41, 5.74) is -0.846. The molecule has 0 N–H and O–H groups in total. The zero-order chi connectivity index (χ0) is 9.47. The summed E-state index contributed by atoms with van der Waals surface area (Å²) >= 11 is 5.81. The Balaban J connectivity index is 2.45. The van der Waals surface area contributed by atoms with Gasteiger partial charge in [-0.1, -0.05) is 12.2 Å². The van der Waals surface area contributed by atoms with E-state index in [1.165, 1.54) is 0 Å². The highest BCUT2D eigenvalue weighted by Crippen LogP contribution is 2.55. The Labute approximate surface area is 82.4 Å². The van der Waals surface area contributed by atoms with E-state index in [0.717, 1.165) is 6.42 Å². The van der Waals surface area contributed by atoms with Crippen LogP contribution < -0.4 is 0 Å². The molecule has 0 aromatic carbocycles. The summed E-state index contributed by atoms with van der Waals surface area (Å²) in [5.74, 6) is 0.893. The van der Waals surface area contributed by atoms with Gasteiger partial charge in [-0.25, -0.2) is 0 Å². The molecular formula is C10H9ClN2. The Kier molecular flexibility index (Phi) is 1.82. The van der Waals surface area contributed by atoms with Crippen LogP contribution >= 0.6 is 11.6 Å². The van der Waals surface area contributed by atoms with E-state index < -0.39 is 5.41 Å². The first-order valence-electron chi connectivity index (χ1n) is 4.35. The standard InChI is InChI=1S/C10H9ClN2/c11-4-9-7-1-2-8(3-7)10(9,5-12)6-13/h1-2,7-9H,3-4H2. The molecular weight excluding hydrogens is 184 g/mol. The van der Waals surface area contributed by atoms with Crippen molar-refractivity contribution in [2.24, 2.45) is 23.2 Å². The summed E-state index contributed by atoms with van der Waals surface area (Å²) in [6.45, 7) is 0. The molecule has 13 heavy (non-hydrogen) atoms. The van der Waals surface area contributed by atoms with E-state index in [4.69, 9.17) is 22.1 Å². The van der Waals surface area contributed by atoms with Crippen molar-refractivity contribution in [1.29, 1.82) is 10.5 Å². The van der Waals surface area contributed by atoms with Crippen LogP contribution in [-0.2, 0) is 0 Å². The van der Waals surface area contributed by atoms with E-state index in [9.17, 15) is 0 Å². The topological polar surface area (TPSA) is 47.6 Å². The molecule has 0 aromatic heterocycles. The maximum Gasteiger partial charge on any atom is 0.154 e. The molecule has 0 aromatic rings. The van der Waals surface area contributed by atoms with E-state index in [-0.39, 0.29) is 11.8 Å². The number of rotatable bonds is 1. The molecule has 0 heterocycles. The molecule has 3 heteroatoms. The molecule has 3 unspecified atom stereocenters. The second kappa shape index (κ2) is 2.76. The fraction of sp³-hybridized carbons (Fsp3) is 0.600. The highest BCUT2D eigenvalue weighted by molar-refractivity contribution is 6.18. The fourth-order valence-corrected chi connectivity index (χ4v) is 3.04. The van der Waals surface area contributed by atoms with Gasteiger partial charge in [-0.3, -0.25) is 0 Å². The predicted octanol–water partition coefficient (Wildman–Crippen LogP) is 2.08. The number of allylic oxidation sites excluding steroid dienone is 2. The Morgan fingerprint density at radius 2 is 2.08 bits per heavy atom. The molecule has 0 spiro atoms. The van der Waals surface area contributed by atoms with Crippen molar-refractivity contribution in [3.8, 4) is 12.1 Å². The molecule has 2 rings (SSSR count). The van der Waals surface area contributed by atoms with Gasteiger partial charge in [0.25, 0.3) is 0 Å². The van der Waals surface area contributed by atoms with Crippen LogP contribution in [0.5, 0.6) is 0 Å². The molecule has 0 aliphatic heterocycles. The smallest absolute Gasteiger partial charge is 0.154 e. The lowest BCUT2D eigenvalue weighted by atomic mass is 9.71. The zero-order valence-electron chi connectivity index (χ0n) is 7.07. The van der Waals surface area contributed by atoms with Gasteiger partial charge in [-0.2, -0.15) is 10.5 Å². The number of alkyl halides is 1. The zero-order valence-corrected chi connectivity index (χ0v) is 7.83. The number of hydrogen-bond acceptors (Lipinski definition) is 2. The molecule has 0 radical (unpaired) electrons. The van der Waals surface area contributed by atoms with E-state index >= 15 is 0 Å². The molecule has 2 bridgehead atoms. The summed E-state index contributed by atoms with van der Waals surface area (Å²) in [6.07, 6.45) is 5.03. The van der Waals surface area contributed by atoms with E-state index in [1.54, 1.807) is 0 Å². The summed E-state index contributed by atoms with van der Waals surface area (Å²) in [6, 6.07) is 4.33. The molecule has 3 atom stereocenters. The van der Waals surface area contributed by atoms with Crippen LogP contribution in [0.15, 0.2) is 12.2 Å². The average molecular weight is 193 g/mol. The van der Waals surface area contributed by atoms with Crippen molar-refractivity contribution in [3.05, 3.63) is 12.2 Å². The SMILES string of the molecule is N#CC1(C#N)C2C=CC(C2)C1CCl. The number of nitrogens with zero attached hydrogens (tertiary/aromatic N) is 2. The minimum absolute atomic E-state index is 0.0270. The number of nitriles is 2. The highest BCUT2D eigenvalue weighted by atomic mass is 35.5. The first kappa shape index (κ1) is 8.60. The van der Waals surface area contributed by atoms with Crippen LogP contribution in [0.1, 0.15) is 6.42 Å². The fourth-order valence-electron chi connectivity index (χ4n) is 2.57. The van der Waals surface area contributed by atoms with Gasteiger partial charge in [0, 0.05) is 17.7 Å². The maximum atomic E-state index is 9.08. The maximum absolute atomic E-state index is 9.08. The van der Waals surface area contributed by atoms with Gasteiger partial charge in [-0.05, 0) is 12.3 Å². The van der Waals surface area contributed by atoms with Gasteiger partial charge in [0.05, 0.1) is 12.1 Å². The lowest BCUT2D eigenvalue weighted by Crippen LogP contribution is -2.32. The van der Waals surface area contributed by atoms with Crippen molar-refractivity contribution >= 4 is 11.6 Å². The molecule has 66 valence electrons.